The Hall–Kier alpha value is -3.40. The second-order valence-electron chi connectivity index (χ2n) is 6.35. The molecule has 3 rings (SSSR count). The first-order valence-electron chi connectivity index (χ1n) is 8.27. The third-order valence-corrected chi connectivity index (χ3v) is 4.37. The van der Waals surface area contributed by atoms with E-state index in [0.29, 0.717) is 0 Å². The van der Waals surface area contributed by atoms with Crippen LogP contribution in [-0.4, -0.2) is 21.4 Å². The van der Waals surface area contributed by atoms with Crippen LogP contribution in [0.1, 0.15) is 29.8 Å². The quantitative estimate of drug-likeness (QED) is 0.387. The highest BCUT2D eigenvalue weighted by Crippen LogP contribution is 2.25. The van der Waals surface area contributed by atoms with Crippen molar-refractivity contribution in [2.45, 2.75) is 32.7 Å². The topological polar surface area (TPSA) is 101 Å². The number of nitrogens with zero attached hydrogens (tertiary/aromatic N) is 3. The first-order chi connectivity index (χ1) is 12.4. The van der Waals surface area contributed by atoms with Gasteiger partial charge in [0, 0.05) is 35.2 Å². The van der Waals surface area contributed by atoms with Gasteiger partial charge in [0.2, 0.25) is 0 Å². The highest BCUT2D eigenvalue weighted by Gasteiger charge is 2.25. The van der Waals surface area contributed by atoms with Gasteiger partial charge in [-0.25, -0.2) is 0 Å². The molecule has 1 aromatic heterocycles. The minimum absolute atomic E-state index is 0.0276. The number of aromatic nitrogens is 1. The van der Waals surface area contributed by atoms with Crippen molar-refractivity contribution in [2.75, 3.05) is 0 Å². The largest absolute Gasteiger partial charge is 0.349 e. The number of hydrogen-bond acceptors (Lipinski definition) is 4. The number of nitrogens with one attached hydrogen (secondary N) is 1. The van der Waals surface area contributed by atoms with Gasteiger partial charge in [0.05, 0.1) is 4.92 Å². The summed E-state index contributed by atoms with van der Waals surface area (Å²) in [5, 5.41) is 22.9. The number of carbonyl (C=O) groups is 1. The van der Waals surface area contributed by atoms with Crippen molar-refractivity contribution in [3.05, 3.63) is 63.0 Å². The van der Waals surface area contributed by atoms with Gasteiger partial charge in [-0.3, -0.25) is 14.9 Å². The lowest BCUT2D eigenvalue weighted by molar-refractivity contribution is -0.384. The first kappa shape index (κ1) is 17.4. The SMILES string of the molecule is Cc1cc(/C=C(\C#N)C(=O)NC2CC2)c(C)n1-c1ccc([N+](=O)[O-])cc1. The van der Waals surface area contributed by atoms with E-state index in [0.717, 1.165) is 35.5 Å². The number of hydrogen-bond donors (Lipinski definition) is 1. The lowest BCUT2D eigenvalue weighted by Gasteiger charge is -2.09. The fraction of sp³-hybridized carbons (Fsp3) is 0.263. The minimum Gasteiger partial charge on any atom is -0.349 e. The molecule has 7 heteroatoms. The van der Waals surface area contributed by atoms with Gasteiger partial charge in [0.25, 0.3) is 11.6 Å². The molecular weight excluding hydrogens is 332 g/mol. The molecule has 0 radical (unpaired) electrons. The van der Waals surface area contributed by atoms with Crippen LogP contribution in [0.2, 0.25) is 0 Å². The lowest BCUT2D eigenvalue weighted by atomic mass is 10.1. The number of nitro benzene ring substituents is 1. The Morgan fingerprint density at radius 2 is 2.00 bits per heavy atom. The van der Waals surface area contributed by atoms with Crippen LogP contribution in [0, 0.1) is 35.3 Å². The van der Waals surface area contributed by atoms with E-state index in [9.17, 15) is 20.2 Å². The number of non-ortho nitro benzene ring substituents is 1. The molecule has 0 aliphatic heterocycles. The average molecular weight is 350 g/mol. The third-order valence-electron chi connectivity index (χ3n) is 4.37. The van der Waals surface area contributed by atoms with Crippen molar-refractivity contribution in [1.82, 2.24) is 9.88 Å². The van der Waals surface area contributed by atoms with Crippen molar-refractivity contribution in [3.63, 3.8) is 0 Å². The molecule has 1 aliphatic carbocycles. The van der Waals surface area contributed by atoms with Crippen LogP contribution in [0.3, 0.4) is 0 Å². The van der Waals surface area contributed by atoms with Crippen molar-refractivity contribution in [3.8, 4) is 11.8 Å². The molecule has 1 saturated carbocycles. The van der Waals surface area contributed by atoms with E-state index < -0.39 is 4.92 Å². The molecule has 0 spiro atoms. The predicted octanol–water partition coefficient (Wildman–Crippen LogP) is 3.19. The summed E-state index contributed by atoms with van der Waals surface area (Å²) in [7, 11) is 0. The fourth-order valence-corrected chi connectivity index (χ4v) is 2.85. The Morgan fingerprint density at radius 1 is 1.35 bits per heavy atom. The number of benzene rings is 1. The van der Waals surface area contributed by atoms with Crippen LogP contribution >= 0.6 is 0 Å². The number of amides is 1. The summed E-state index contributed by atoms with van der Waals surface area (Å²) >= 11 is 0. The maximum absolute atomic E-state index is 12.1. The van der Waals surface area contributed by atoms with Gasteiger partial charge in [-0.2, -0.15) is 5.26 Å². The number of nitriles is 1. The van der Waals surface area contributed by atoms with Gasteiger partial charge >= 0.3 is 0 Å². The van der Waals surface area contributed by atoms with E-state index >= 15 is 0 Å². The Labute approximate surface area is 150 Å². The molecule has 1 heterocycles. The molecule has 0 unspecified atom stereocenters. The number of aryl methyl sites for hydroxylation is 1. The summed E-state index contributed by atoms with van der Waals surface area (Å²) in [4.78, 5) is 22.5. The highest BCUT2D eigenvalue weighted by atomic mass is 16.6. The molecule has 26 heavy (non-hydrogen) atoms. The summed E-state index contributed by atoms with van der Waals surface area (Å²) < 4.78 is 1.93. The molecule has 0 atom stereocenters. The minimum atomic E-state index is -0.439. The molecule has 1 fully saturated rings. The van der Waals surface area contributed by atoms with Crippen molar-refractivity contribution in [1.29, 1.82) is 5.26 Å². The van der Waals surface area contributed by atoms with E-state index in [1.807, 2.05) is 30.6 Å². The zero-order chi connectivity index (χ0) is 18.8. The summed E-state index contributed by atoms with van der Waals surface area (Å²) in [5.41, 5.74) is 3.40. The van der Waals surface area contributed by atoms with E-state index in [1.165, 1.54) is 12.1 Å². The van der Waals surface area contributed by atoms with Gasteiger partial charge < -0.3 is 9.88 Å². The molecular formula is C19H18N4O3. The number of nitro groups is 1. The van der Waals surface area contributed by atoms with E-state index in [2.05, 4.69) is 5.32 Å². The second-order valence-corrected chi connectivity index (χ2v) is 6.35. The molecule has 1 aliphatic rings. The molecule has 1 aromatic carbocycles. The van der Waals surface area contributed by atoms with E-state index in [4.69, 9.17) is 0 Å². The van der Waals surface area contributed by atoms with Crippen molar-refractivity contribution < 1.29 is 9.72 Å². The molecule has 1 N–H and O–H groups in total. The third kappa shape index (κ3) is 3.49. The van der Waals surface area contributed by atoms with Gasteiger partial charge in [0.15, 0.2) is 0 Å². The molecule has 132 valence electrons. The van der Waals surface area contributed by atoms with Crippen molar-refractivity contribution >= 4 is 17.7 Å². The van der Waals surface area contributed by atoms with Gasteiger partial charge in [-0.1, -0.05) is 0 Å². The monoisotopic (exact) mass is 350 g/mol. The average Bonchev–Trinajstić information content (AvgIpc) is 3.37. The summed E-state index contributed by atoms with van der Waals surface area (Å²) in [6.45, 7) is 3.79. The van der Waals surface area contributed by atoms with Crippen LogP contribution < -0.4 is 5.32 Å². The van der Waals surface area contributed by atoms with Gasteiger partial charge in [0.1, 0.15) is 11.6 Å². The first-order valence-corrected chi connectivity index (χ1v) is 8.27. The van der Waals surface area contributed by atoms with Crippen LogP contribution in [0.5, 0.6) is 0 Å². The zero-order valence-electron chi connectivity index (χ0n) is 14.5. The number of rotatable bonds is 5. The summed E-state index contributed by atoms with van der Waals surface area (Å²) in [5.74, 6) is -0.352. The van der Waals surface area contributed by atoms with Gasteiger partial charge in [-0.05, 0) is 56.5 Å². The van der Waals surface area contributed by atoms with Crippen LogP contribution in [0.4, 0.5) is 5.69 Å². The van der Waals surface area contributed by atoms with Crippen LogP contribution in [0.25, 0.3) is 11.8 Å². The maximum Gasteiger partial charge on any atom is 0.269 e. The highest BCUT2D eigenvalue weighted by molar-refractivity contribution is 6.02. The van der Waals surface area contributed by atoms with Crippen LogP contribution in [-0.2, 0) is 4.79 Å². The smallest absolute Gasteiger partial charge is 0.269 e. The normalized spacial score (nSPS) is 14.0. The van der Waals surface area contributed by atoms with Crippen LogP contribution in [0.15, 0.2) is 35.9 Å². The van der Waals surface area contributed by atoms with E-state index in [-0.39, 0.29) is 23.2 Å². The molecule has 0 saturated heterocycles. The Morgan fingerprint density at radius 3 is 2.54 bits per heavy atom. The Kier molecular flexibility index (Phi) is 4.59. The summed E-state index contributed by atoms with van der Waals surface area (Å²) in [6, 6.07) is 10.3. The Balaban J connectivity index is 1.94. The summed E-state index contributed by atoms with van der Waals surface area (Å²) in [6.07, 6.45) is 3.50. The number of carbonyl (C=O) groups excluding carboxylic acids is 1. The van der Waals surface area contributed by atoms with E-state index in [1.54, 1.807) is 18.2 Å². The molecule has 2 aromatic rings. The molecule has 1 amide bonds. The second kappa shape index (κ2) is 6.84. The predicted molar refractivity (Wildman–Crippen MR) is 96.7 cm³/mol. The lowest BCUT2D eigenvalue weighted by Crippen LogP contribution is -2.26. The Bertz CT molecular complexity index is 944. The standard InChI is InChI=1S/C19H18N4O3/c1-12-9-14(10-15(11-20)19(24)21-16-3-4-16)13(2)22(12)17-5-7-18(8-6-17)23(25)26/h5-10,16H,3-4H2,1-2H3,(H,21,24)/b15-10+. The molecule has 0 bridgehead atoms. The maximum atomic E-state index is 12.1. The molecule has 7 nitrogen and oxygen atoms in total. The van der Waals surface area contributed by atoms with Crippen molar-refractivity contribution in [2.24, 2.45) is 0 Å². The zero-order valence-corrected chi connectivity index (χ0v) is 14.5. The van der Waals surface area contributed by atoms with Gasteiger partial charge in [-0.15, -0.1) is 0 Å². The fourth-order valence-electron chi connectivity index (χ4n) is 2.85.